The minimum absolute atomic E-state index is 0.0323. The van der Waals surface area contributed by atoms with E-state index in [1.807, 2.05) is 57.3 Å². The normalized spacial score (nSPS) is 11.2. The molecule has 0 aliphatic rings. The maximum Gasteiger partial charge on any atom is 0.231 e. The molecule has 5 heteroatoms. The van der Waals surface area contributed by atoms with Crippen LogP contribution >= 0.6 is 11.3 Å². The minimum atomic E-state index is -0.426. The van der Waals surface area contributed by atoms with Gasteiger partial charge in [-0.2, -0.15) is 0 Å². The molecule has 112 valence electrons. The lowest BCUT2D eigenvalue weighted by Crippen LogP contribution is -2.27. The summed E-state index contributed by atoms with van der Waals surface area (Å²) in [6.07, 6.45) is 0. The van der Waals surface area contributed by atoms with Gasteiger partial charge in [-0.3, -0.25) is 4.79 Å². The first-order valence-electron chi connectivity index (χ1n) is 6.90. The lowest BCUT2D eigenvalue weighted by molar-refractivity contribution is -0.123. The minimum Gasteiger partial charge on any atom is -0.494 e. The molecule has 4 nitrogen and oxygen atoms in total. The molecule has 0 bridgehead atoms. The lowest BCUT2D eigenvalue weighted by atomic mass is 9.96. The van der Waals surface area contributed by atoms with Gasteiger partial charge in [0.15, 0.2) is 5.13 Å². The monoisotopic (exact) mass is 304 g/mol. The van der Waals surface area contributed by atoms with Gasteiger partial charge in [0.05, 0.1) is 12.3 Å². The molecule has 0 aliphatic heterocycles. The molecular formula is C16H20N2O2S. The number of hydrogen-bond donors (Lipinski definition) is 1. The Morgan fingerprint density at radius 1 is 1.29 bits per heavy atom. The van der Waals surface area contributed by atoms with Crippen molar-refractivity contribution in [3.8, 4) is 17.0 Å². The quantitative estimate of drug-likeness (QED) is 0.921. The van der Waals surface area contributed by atoms with Gasteiger partial charge in [-0.1, -0.05) is 20.8 Å². The summed E-state index contributed by atoms with van der Waals surface area (Å²) in [6, 6.07) is 7.78. The molecule has 0 radical (unpaired) electrons. The maximum atomic E-state index is 11.9. The van der Waals surface area contributed by atoms with Gasteiger partial charge in [0, 0.05) is 16.4 Å². The Morgan fingerprint density at radius 3 is 2.52 bits per heavy atom. The molecule has 1 amide bonds. The van der Waals surface area contributed by atoms with Crippen LogP contribution in [-0.2, 0) is 4.79 Å². The molecule has 0 aliphatic carbocycles. The maximum absolute atomic E-state index is 11.9. The Hall–Kier alpha value is -1.88. The van der Waals surface area contributed by atoms with E-state index in [1.54, 1.807) is 0 Å². The summed E-state index contributed by atoms with van der Waals surface area (Å²) < 4.78 is 5.42. The Morgan fingerprint density at radius 2 is 1.95 bits per heavy atom. The van der Waals surface area contributed by atoms with E-state index in [0.29, 0.717) is 11.7 Å². The average Bonchev–Trinajstić information content (AvgIpc) is 2.87. The molecule has 2 aromatic rings. The Labute approximate surface area is 129 Å². The predicted octanol–water partition coefficient (Wildman–Crippen LogP) is 4.19. The second-order valence-electron chi connectivity index (χ2n) is 5.70. The molecule has 0 fully saturated rings. The summed E-state index contributed by atoms with van der Waals surface area (Å²) in [7, 11) is 0. The summed E-state index contributed by atoms with van der Waals surface area (Å²) in [5.41, 5.74) is 1.43. The van der Waals surface area contributed by atoms with Crippen LogP contribution in [0.2, 0.25) is 0 Å². The zero-order valence-electron chi connectivity index (χ0n) is 12.8. The molecular weight excluding hydrogens is 284 g/mol. The van der Waals surface area contributed by atoms with E-state index in [-0.39, 0.29) is 5.91 Å². The van der Waals surface area contributed by atoms with Crippen LogP contribution in [0.4, 0.5) is 5.13 Å². The first kappa shape index (κ1) is 15.5. The number of anilines is 1. The topological polar surface area (TPSA) is 51.2 Å². The molecule has 1 aromatic carbocycles. The van der Waals surface area contributed by atoms with Gasteiger partial charge in [-0.25, -0.2) is 4.98 Å². The number of rotatable bonds is 4. The smallest absolute Gasteiger partial charge is 0.231 e. The van der Waals surface area contributed by atoms with Crippen LogP contribution < -0.4 is 10.1 Å². The number of amides is 1. The number of nitrogens with one attached hydrogen (secondary N) is 1. The summed E-state index contributed by atoms with van der Waals surface area (Å²) in [5.74, 6) is 0.813. The van der Waals surface area contributed by atoms with Crippen molar-refractivity contribution >= 4 is 22.4 Å². The van der Waals surface area contributed by atoms with Gasteiger partial charge < -0.3 is 10.1 Å². The second-order valence-corrected chi connectivity index (χ2v) is 6.56. The van der Waals surface area contributed by atoms with Crippen LogP contribution in [0.15, 0.2) is 29.6 Å². The first-order chi connectivity index (χ1) is 9.90. The molecule has 1 aromatic heterocycles. The van der Waals surface area contributed by atoms with E-state index in [9.17, 15) is 4.79 Å². The number of aromatic nitrogens is 1. The number of carbonyl (C=O) groups excluding carboxylic acids is 1. The first-order valence-corrected chi connectivity index (χ1v) is 7.78. The zero-order chi connectivity index (χ0) is 15.5. The van der Waals surface area contributed by atoms with Crippen LogP contribution in [0.5, 0.6) is 5.75 Å². The fraction of sp³-hybridized carbons (Fsp3) is 0.375. The summed E-state index contributed by atoms with van der Waals surface area (Å²) >= 11 is 1.43. The molecule has 0 saturated carbocycles. The van der Waals surface area contributed by atoms with Crippen LogP contribution in [0.3, 0.4) is 0 Å². The Kier molecular flexibility index (Phi) is 4.63. The molecule has 0 unspecified atom stereocenters. The second kappa shape index (κ2) is 6.26. The summed E-state index contributed by atoms with van der Waals surface area (Å²) in [6.45, 7) is 8.24. The third-order valence-electron chi connectivity index (χ3n) is 2.87. The SMILES string of the molecule is CCOc1ccc(-c2csc(NC(=O)C(C)(C)C)n2)cc1. The largest absolute Gasteiger partial charge is 0.494 e. The molecule has 2 rings (SSSR count). The van der Waals surface area contributed by atoms with Crippen molar-refractivity contribution in [1.82, 2.24) is 4.98 Å². The zero-order valence-corrected chi connectivity index (χ0v) is 13.6. The molecule has 0 saturated heterocycles. The van der Waals surface area contributed by atoms with Crippen molar-refractivity contribution in [3.05, 3.63) is 29.6 Å². The highest BCUT2D eigenvalue weighted by Gasteiger charge is 2.22. The number of hydrogen-bond acceptors (Lipinski definition) is 4. The summed E-state index contributed by atoms with van der Waals surface area (Å²) in [5, 5.41) is 5.41. The number of nitrogens with zero attached hydrogens (tertiary/aromatic N) is 1. The van der Waals surface area contributed by atoms with E-state index in [1.165, 1.54) is 11.3 Å². The molecule has 21 heavy (non-hydrogen) atoms. The van der Waals surface area contributed by atoms with Crippen molar-refractivity contribution in [1.29, 1.82) is 0 Å². The Bertz CT molecular complexity index is 612. The van der Waals surface area contributed by atoms with Gasteiger partial charge in [0.1, 0.15) is 5.75 Å². The lowest BCUT2D eigenvalue weighted by Gasteiger charge is -2.15. The van der Waals surface area contributed by atoms with E-state index >= 15 is 0 Å². The molecule has 1 N–H and O–H groups in total. The summed E-state index contributed by atoms with van der Waals surface area (Å²) in [4.78, 5) is 16.4. The van der Waals surface area contributed by atoms with Gasteiger partial charge in [-0.05, 0) is 31.2 Å². The molecule has 0 atom stereocenters. The van der Waals surface area contributed by atoms with Crippen LogP contribution in [-0.4, -0.2) is 17.5 Å². The van der Waals surface area contributed by atoms with E-state index in [0.717, 1.165) is 17.0 Å². The number of carbonyl (C=O) groups is 1. The van der Waals surface area contributed by atoms with E-state index < -0.39 is 5.41 Å². The standard InChI is InChI=1S/C16H20N2O2S/c1-5-20-12-8-6-11(7-9-12)13-10-21-15(17-13)18-14(19)16(2,3)4/h6-10H,5H2,1-4H3,(H,17,18,19). The number of benzene rings is 1. The van der Waals surface area contributed by atoms with Crippen molar-refractivity contribution in [2.24, 2.45) is 5.41 Å². The van der Waals surface area contributed by atoms with Crippen molar-refractivity contribution in [2.45, 2.75) is 27.7 Å². The van der Waals surface area contributed by atoms with Gasteiger partial charge >= 0.3 is 0 Å². The highest BCUT2D eigenvalue weighted by atomic mass is 32.1. The highest BCUT2D eigenvalue weighted by Crippen LogP contribution is 2.27. The van der Waals surface area contributed by atoms with E-state index in [2.05, 4.69) is 10.3 Å². The number of thiazole rings is 1. The van der Waals surface area contributed by atoms with Gasteiger partial charge in [0.2, 0.25) is 5.91 Å². The van der Waals surface area contributed by atoms with Crippen molar-refractivity contribution in [3.63, 3.8) is 0 Å². The molecule has 0 spiro atoms. The molecule has 1 heterocycles. The number of ether oxygens (including phenoxy) is 1. The van der Waals surface area contributed by atoms with Crippen LogP contribution in [0.25, 0.3) is 11.3 Å². The third kappa shape index (κ3) is 4.04. The van der Waals surface area contributed by atoms with Crippen molar-refractivity contribution < 1.29 is 9.53 Å². The van der Waals surface area contributed by atoms with Gasteiger partial charge in [0.25, 0.3) is 0 Å². The average molecular weight is 304 g/mol. The highest BCUT2D eigenvalue weighted by molar-refractivity contribution is 7.14. The Balaban J connectivity index is 2.10. The van der Waals surface area contributed by atoms with Crippen LogP contribution in [0, 0.1) is 5.41 Å². The fourth-order valence-corrected chi connectivity index (χ4v) is 2.35. The van der Waals surface area contributed by atoms with Crippen molar-refractivity contribution in [2.75, 3.05) is 11.9 Å². The fourth-order valence-electron chi connectivity index (χ4n) is 1.64. The predicted molar refractivity (Wildman–Crippen MR) is 86.8 cm³/mol. The van der Waals surface area contributed by atoms with Gasteiger partial charge in [-0.15, -0.1) is 11.3 Å². The third-order valence-corrected chi connectivity index (χ3v) is 3.62. The van der Waals surface area contributed by atoms with Crippen LogP contribution in [0.1, 0.15) is 27.7 Å². The van der Waals surface area contributed by atoms with E-state index in [4.69, 9.17) is 4.74 Å².